The van der Waals surface area contributed by atoms with Crippen LogP contribution in [0.4, 0.5) is 0 Å². The molecule has 2 nitrogen and oxygen atoms in total. The van der Waals surface area contributed by atoms with E-state index in [4.69, 9.17) is 38.8 Å². The molecule has 0 fully saturated rings. The summed E-state index contributed by atoms with van der Waals surface area (Å²) in [5.74, 6) is 0. The Balaban J connectivity index is -0.0000000356. The molecule has 0 radical (unpaired) electrons. The second-order valence-corrected chi connectivity index (χ2v) is 10.4. The van der Waals surface area contributed by atoms with Crippen molar-refractivity contribution in [2.24, 2.45) is 0 Å². The molecule has 8 heteroatoms. The van der Waals surface area contributed by atoms with Gasteiger partial charge in [0.1, 0.15) is 0 Å². The Hall–Kier alpha value is 2.33. The van der Waals surface area contributed by atoms with Crippen LogP contribution in [0.2, 0.25) is 0 Å². The van der Waals surface area contributed by atoms with Gasteiger partial charge in [-0.15, -0.1) is 0 Å². The first-order valence-electron chi connectivity index (χ1n) is 3.07. The van der Waals surface area contributed by atoms with Crippen LogP contribution in [0.5, 0.6) is 0 Å². The summed E-state index contributed by atoms with van der Waals surface area (Å²) in [6.07, 6.45) is 0. The fourth-order valence-corrected chi connectivity index (χ4v) is 0. The quantitative estimate of drug-likeness (QED) is 0.647. The molecule has 0 aromatic rings. The molecular formula is C4H14Cl4N2Zn2. The van der Waals surface area contributed by atoms with Gasteiger partial charge in [-0.3, -0.25) is 0 Å². The number of hydrogen-bond acceptors (Lipinski definition) is 2. The number of nitrogens with one attached hydrogen (secondary N) is 2. The van der Waals surface area contributed by atoms with Crippen LogP contribution in [0, 0.1) is 0 Å². The van der Waals surface area contributed by atoms with Gasteiger partial charge in [0.2, 0.25) is 0 Å². The van der Waals surface area contributed by atoms with E-state index in [1.54, 1.807) is 0 Å². The molecule has 0 unspecified atom stereocenters. The molecule has 0 aliphatic heterocycles. The zero-order valence-electron chi connectivity index (χ0n) is 7.93. The van der Waals surface area contributed by atoms with Crippen LogP contribution in [0.1, 0.15) is 0 Å². The third-order valence-electron chi connectivity index (χ3n) is 0. The average Bonchev–Trinajstić information content (AvgIpc) is 1.92. The molecule has 0 aromatic heterocycles. The van der Waals surface area contributed by atoms with Crippen LogP contribution in [0.3, 0.4) is 0 Å². The molecule has 2 N–H and O–H groups in total. The first kappa shape index (κ1) is 23.9. The summed E-state index contributed by atoms with van der Waals surface area (Å²) in [6.45, 7) is 0. The predicted octanol–water partition coefficient (Wildman–Crippen LogP) is 2.42. The number of hydrogen-bond donors (Lipinski definition) is 2. The maximum atomic E-state index is 4.95. The minimum atomic E-state index is -0.931. The molecule has 0 spiro atoms. The van der Waals surface area contributed by atoms with Crippen LogP contribution in [-0.2, 0) is 30.3 Å². The maximum absolute atomic E-state index is 4.95. The van der Waals surface area contributed by atoms with Gasteiger partial charge in [-0.25, -0.2) is 0 Å². The van der Waals surface area contributed by atoms with Crippen molar-refractivity contribution in [1.29, 1.82) is 0 Å². The second kappa shape index (κ2) is 50.6. The van der Waals surface area contributed by atoms with Crippen LogP contribution in [0.15, 0.2) is 0 Å². The van der Waals surface area contributed by atoms with Gasteiger partial charge in [0.25, 0.3) is 0 Å². The summed E-state index contributed by atoms with van der Waals surface area (Å²) in [6, 6.07) is 0. The molecule has 72 valence electrons. The molecule has 0 aromatic carbocycles. The van der Waals surface area contributed by atoms with Crippen LogP contribution >= 0.6 is 38.8 Å². The minimum absolute atomic E-state index is 0.931. The zero-order valence-corrected chi connectivity index (χ0v) is 16.9. The molecule has 0 aliphatic carbocycles. The summed E-state index contributed by atoms with van der Waals surface area (Å²) in [5.41, 5.74) is 0. The standard InChI is InChI=1S/2C2H7N.4ClH.2Zn/c2*1-3-2;;;;;;/h2*3H,1-2H3;4*1H;;/q;;;;;;2*+2/p-4. The Morgan fingerprint density at radius 2 is 0.667 bits per heavy atom. The second-order valence-electron chi connectivity index (χ2n) is 1.20. The third kappa shape index (κ3) is 292. The number of rotatable bonds is 0. The van der Waals surface area contributed by atoms with Crippen molar-refractivity contribution in [3.8, 4) is 0 Å². The monoisotopic (exact) mass is 358 g/mol. The Labute approximate surface area is 107 Å². The van der Waals surface area contributed by atoms with Crippen LogP contribution in [0.25, 0.3) is 0 Å². The fourth-order valence-electron chi connectivity index (χ4n) is 0. The summed E-state index contributed by atoms with van der Waals surface area (Å²) < 4.78 is 0. The van der Waals surface area contributed by atoms with Gasteiger partial charge in [-0.05, 0) is 28.2 Å². The van der Waals surface area contributed by atoms with E-state index < -0.39 is 30.3 Å². The van der Waals surface area contributed by atoms with E-state index in [2.05, 4.69) is 10.6 Å². The SMILES string of the molecule is CNC.CNC.[Cl][Zn][Cl].[Cl][Zn][Cl]. The summed E-state index contributed by atoms with van der Waals surface area (Å²) >= 11 is -1.86. The molecule has 0 rings (SSSR count). The van der Waals surface area contributed by atoms with Gasteiger partial charge in [-0.1, -0.05) is 0 Å². The normalized spacial score (nSPS) is 4.67. The molecule has 0 atom stereocenters. The van der Waals surface area contributed by atoms with Gasteiger partial charge in [0.05, 0.1) is 0 Å². The van der Waals surface area contributed by atoms with Crippen molar-refractivity contribution in [2.45, 2.75) is 0 Å². The van der Waals surface area contributed by atoms with E-state index in [0.717, 1.165) is 0 Å². The first-order chi connectivity index (χ1) is 5.66. The fraction of sp³-hybridized carbons (Fsp3) is 1.00. The molecule has 0 heterocycles. The van der Waals surface area contributed by atoms with E-state index in [1.807, 2.05) is 28.2 Å². The first-order valence-corrected chi connectivity index (χ1v) is 18.7. The van der Waals surface area contributed by atoms with Gasteiger partial charge < -0.3 is 10.6 Å². The third-order valence-corrected chi connectivity index (χ3v) is 0. The van der Waals surface area contributed by atoms with Gasteiger partial charge in [-0.2, -0.15) is 0 Å². The molecule has 0 saturated carbocycles. The summed E-state index contributed by atoms with van der Waals surface area (Å²) in [7, 11) is 27.3. The van der Waals surface area contributed by atoms with E-state index >= 15 is 0 Å². The molecular weight excluding hydrogens is 349 g/mol. The van der Waals surface area contributed by atoms with Crippen molar-refractivity contribution in [3.05, 3.63) is 0 Å². The van der Waals surface area contributed by atoms with Gasteiger partial charge in [0.15, 0.2) is 0 Å². The average molecular weight is 363 g/mol. The summed E-state index contributed by atoms with van der Waals surface area (Å²) in [5, 5.41) is 5.50. The van der Waals surface area contributed by atoms with Gasteiger partial charge >= 0.3 is 69.1 Å². The van der Waals surface area contributed by atoms with Crippen molar-refractivity contribution >= 4 is 38.8 Å². The molecule has 0 aliphatic rings. The van der Waals surface area contributed by atoms with Gasteiger partial charge in [0, 0.05) is 0 Å². The van der Waals surface area contributed by atoms with E-state index in [1.165, 1.54) is 0 Å². The topological polar surface area (TPSA) is 24.1 Å². The molecule has 12 heavy (non-hydrogen) atoms. The van der Waals surface area contributed by atoms with Crippen molar-refractivity contribution in [2.75, 3.05) is 28.2 Å². The Bertz CT molecular complexity index is 31.0. The molecule has 0 bridgehead atoms. The predicted molar refractivity (Wildman–Crippen MR) is 53.4 cm³/mol. The van der Waals surface area contributed by atoms with E-state index in [0.29, 0.717) is 0 Å². The Kier molecular flexibility index (Phi) is 101. The zero-order chi connectivity index (χ0) is 10.8. The van der Waals surface area contributed by atoms with Crippen molar-refractivity contribution < 1.29 is 30.3 Å². The Morgan fingerprint density at radius 3 is 0.667 bits per heavy atom. The summed E-state index contributed by atoms with van der Waals surface area (Å²) in [4.78, 5) is 0. The van der Waals surface area contributed by atoms with Crippen molar-refractivity contribution in [1.82, 2.24) is 10.6 Å². The van der Waals surface area contributed by atoms with Crippen LogP contribution < -0.4 is 10.6 Å². The van der Waals surface area contributed by atoms with Crippen molar-refractivity contribution in [3.63, 3.8) is 0 Å². The number of halogens is 4. The van der Waals surface area contributed by atoms with E-state index in [-0.39, 0.29) is 0 Å². The Morgan fingerprint density at radius 1 is 0.667 bits per heavy atom. The molecule has 0 saturated heterocycles. The van der Waals surface area contributed by atoms with Crippen LogP contribution in [-0.4, -0.2) is 28.2 Å². The molecule has 0 amide bonds. The van der Waals surface area contributed by atoms with E-state index in [9.17, 15) is 0 Å².